The van der Waals surface area contributed by atoms with Gasteiger partial charge in [0.2, 0.25) is 0 Å². The van der Waals surface area contributed by atoms with Crippen molar-refractivity contribution in [3.63, 3.8) is 0 Å². The predicted octanol–water partition coefficient (Wildman–Crippen LogP) is 2.98. The lowest BCUT2D eigenvalue weighted by atomic mass is 10.1. The summed E-state index contributed by atoms with van der Waals surface area (Å²) >= 11 is 1.39. The third-order valence-corrected chi connectivity index (χ3v) is 3.65. The lowest BCUT2D eigenvalue weighted by molar-refractivity contribution is 0.769. The van der Waals surface area contributed by atoms with Gasteiger partial charge in [0.25, 0.3) is 0 Å². The van der Waals surface area contributed by atoms with Crippen molar-refractivity contribution in [1.82, 2.24) is 4.57 Å². The number of nitrogens with two attached hydrogens (primary N) is 1. The molecule has 0 fully saturated rings. The molecule has 1 aromatic heterocycles. The molecule has 1 heterocycles. The van der Waals surface area contributed by atoms with E-state index in [0.29, 0.717) is 5.17 Å². The number of rotatable bonds is 3. The van der Waals surface area contributed by atoms with E-state index < -0.39 is 0 Å². The Morgan fingerprint density at radius 1 is 1.42 bits per heavy atom. The molecule has 19 heavy (non-hydrogen) atoms. The van der Waals surface area contributed by atoms with Gasteiger partial charge in [-0.3, -0.25) is 0 Å². The van der Waals surface area contributed by atoms with Crippen LogP contribution in [-0.4, -0.2) is 22.2 Å². The molecule has 2 aromatic rings. The topological polar surface area (TPSA) is 55.7 Å². The highest BCUT2D eigenvalue weighted by Gasteiger charge is 2.10. The molecule has 1 aromatic carbocycles. The van der Waals surface area contributed by atoms with Gasteiger partial charge in [0.15, 0.2) is 5.17 Å². The van der Waals surface area contributed by atoms with E-state index in [2.05, 4.69) is 46.8 Å². The first-order valence-electron chi connectivity index (χ1n) is 6.17. The van der Waals surface area contributed by atoms with Crippen LogP contribution >= 0.6 is 11.8 Å². The third kappa shape index (κ3) is 2.66. The molecule has 0 amide bonds. The van der Waals surface area contributed by atoms with Crippen molar-refractivity contribution in [2.75, 3.05) is 6.26 Å². The van der Waals surface area contributed by atoms with Crippen LogP contribution in [0.15, 0.2) is 34.5 Å². The summed E-state index contributed by atoms with van der Waals surface area (Å²) in [6.07, 6.45) is 3.66. The number of thioether (sulfide) groups is 1. The Labute approximate surface area is 117 Å². The number of nitrogens with zero attached hydrogens (tertiary/aromatic N) is 3. The Kier molecular flexibility index (Phi) is 4.27. The van der Waals surface area contributed by atoms with Crippen LogP contribution in [0.25, 0.3) is 10.9 Å². The number of benzene rings is 1. The number of para-hydroxylation sites is 1. The van der Waals surface area contributed by atoms with Gasteiger partial charge in [-0.25, -0.2) is 0 Å². The Bertz CT molecular complexity index is 640. The molecule has 0 aliphatic rings. The van der Waals surface area contributed by atoms with Crippen molar-refractivity contribution in [3.05, 3.63) is 35.5 Å². The minimum absolute atomic E-state index is 0.466. The van der Waals surface area contributed by atoms with Crippen molar-refractivity contribution in [3.8, 4) is 0 Å². The molecule has 0 aliphatic carbocycles. The highest BCUT2D eigenvalue weighted by molar-refractivity contribution is 8.13. The second-order valence-electron chi connectivity index (χ2n) is 4.15. The maximum atomic E-state index is 5.61. The summed E-state index contributed by atoms with van der Waals surface area (Å²) in [6, 6.07) is 8.33. The van der Waals surface area contributed by atoms with Gasteiger partial charge in [-0.1, -0.05) is 30.0 Å². The van der Waals surface area contributed by atoms with Crippen molar-refractivity contribution < 1.29 is 0 Å². The average Bonchev–Trinajstić information content (AvgIpc) is 2.71. The summed E-state index contributed by atoms with van der Waals surface area (Å²) in [5.41, 5.74) is 9.15. The van der Waals surface area contributed by atoms with Gasteiger partial charge in [-0.05, 0) is 26.2 Å². The van der Waals surface area contributed by atoms with Crippen molar-refractivity contribution in [1.29, 1.82) is 0 Å². The largest absolute Gasteiger partial charge is 0.377 e. The molecule has 0 spiro atoms. The van der Waals surface area contributed by atoms with Gasteiger partial charge in [-0.2, -0.15) is 5.10 Å². The van der Waals surface area contributed by atoms with E-state index in [1.54, 1.807) is 6.21 Å². The van der Waals surface area contributed by atoms with Gasteiger partial charge in [-0.15, -0.1) is 5.10 Å². The van der Waals surface area contributed by atoms with Gasteiger partial charge in [0.05, 0.1) is 6.21 Å². The van der Waals surface area contributed by atoms with E-state index in [9.17, 15) is 0 Å². The molecular formula is C14H18N4S. The van der Waals surface area contributed by atoms with Crippen LogP contribution in [0.2, 0.25) is 0 Å². The molecule has 5 heteroatoms. The van der Waals surface area contributed by atoms with Crippen LogP contribution in [0.1, 0.15) is 18.2 Å². The predicted molar refractivity (Wildman–Crippen MR) is 85.1 cm³/mol. The fraction of sp³-hybridized carbons (Fsp3) is 0.286. The quantitative estimate of drug-likeness (QED) is 0.531. The molecule has 0 bridgehead atoms. The first-order valence-corrected chi connectivity index (χ1v) is 7.39. The zero-order chi connectivity index (χ0) is 13.8. The Morgan fingerprint density at radius 3 is 2.84 bits per heavy atom. The van der Waals surface area contributed by atoms with Crippen LogP contribution in [0.3, 0.4) is 0 Å². The molecule has 0 radical (unpaired) electrons. The van der Waals surface area contributed by atoms with Crippen LogP contribution in [0.5, 0.6) is 0 Å². The summed E-state index contributed by atoms with van der Waals surface area (Å²) in [5, 5.41) is 9.68. The standard InChI is InChI=1S/C14H18N4S/c1-4-18-10(2)12(9-16-17-14(15)19-3)11-7-5-6-8-13(11)18/h5-9H,4H2,1-3H3,(H2,15,17)/b16-9-. The van der Waals surface area contributed by atoms with Gasteiger partial charge in [0.1, 0.15) is 0 Å². The summed E-state index contributed by atoms with van der Waals surface area (Å²) in [5.74, 6) is 0. The molecule has 4 nitrogen and oxygen atoms in total. The highest BCUT2D eigenvalue weighted by Crippen LogP contribution is 2.24. The number of aromatic nitrogens is 1. The Morgan fingerprint density at radius 2 is 2.16 bits per heavy atom. The zero-order valence-corrected chi connectivity index (χ0v) is 12.2. The lowest BCUT2D eigenvalue weighted by Gasteiger charge is -2.02. The van der Waals surface area contributed by atoms with Crippen LogP contribution in [0.4, 0.5) is 0 Å². The van der Waals surface area contributed by atoms with E-state index in [0.717, 1.165) is 12.1 Å². The Balaban J connectivity index is 2.51. The first kappa shape index (κ1) is 13.7. The van der Waals surface area contributed by atoms with Crippen LogP contribution in [0, 0.1) is 6.92 Å². The number of aryl methyl sites for hydroxylation is 1. The second kappa shape index (κ2) is 5.93. The number of hydrogen-bond donors (Lipinski definition) is 1. The fourth-order valence-electron chi connectivity index (χ4n) is 2.21. The molecular weight excluding hydrogens is 256 g/mol. The van der Waals surface area contributed by atoms with Crippen LogP contribution in [-0.2, 0) is 6.54 Å². The second-order valence-corrected chi connectivity index (χ2v) is 4.97. The SMILES string of the molecule is CCn1c(C)c(/C=N\N=C(/N)SC)c2ccccc21. The summed E-state index contributed by atoms with van der Waals surface area (Å²) < 4.78 is 2.28. The molecule has 0 aliphatic heterocycles. The van der Waals surface area contributed by atoms with Crippen molar-refractivity contribution in [2.45, 2.75) is 20.4 Å². The average molecular weight is 274 g/mol. The van der Waals surface area contributed by atoms with Crippen molar-refractivity contribution >= 4 is 34.0 Å². The minimum Gasteiger partial charge on any atom is -0.377 e. The van der Waals surface area contributed by atoms with Crippen LogP contribution < -0.4 is 5.73 Å². The van der Waals surface area contributed by atoms with E-state index in [4.69, 9.17) is 5.73 Å². The highest BCUT2D eigenvalue weighted by atomic mass is 32.2. The number of fused-ring (bicyclic) bond motifs is 1. The molecule has 0 unspecified atom stereocenters. The van der Waals surface area contributed by atoms with E-state index in [-0.39, 0.29) is 0 Å². The van der Waals surface area contributed by atoms with E-state index >= 15 is 0 Å². The third-order valence-electron chi connectivity index (χ3n) is 3.15. The lowest BCUT2D eigenvalue weighted by Crippen LogP contribution is -2.04. The normalized spacial score (nSPS) is 12.7. The maximum Gasteiger partial charge on any atom is 0.180 e. The summed E-state index contributed by atoms with van der Waals surface area (Å²) in [4.78, 5) is 0. The molecule has 100 valence electrons. The van der Waals surface area contributed by atoms with Crippen molar-refractivity contribution in [2.24, 2.45) is 15.9 Å². The van der Waals surface area contributed by atoms with Gasteiger partial charge in [0, 0.05) is 28.7 Å². The summed E-state index contributed by atoms with van der Waals surface area (Å²) in [6.45, 7) is 5.19. The first-order chi connectivity index (χ1) is 9.19. The number of amidine groups is 1. The monoisotopic (exact) mass is 274 g/mol. The maximum absolute atomic E-state index is 5.61. The minimum atomic E-state index is 0.466. The molecule has 0 atom stereocenters. The van der Waals surface area contributed by atoms with E-state index in [1.807, 2.05) is 12.3 Å². The zero-order valence-electron chi connectivity index (χ0n) is 11.4. The fourth-order valence-corrected chi connectivity index (χ4v) is 2.34. The smallest absolute Gasteiger partial charge is 0.180 e. The molecule has 0 saturated heterocycles. The van der Waals surface area contributed by atoms with E-state index in [1.165, 1.54) is 28.4 Å². The summed E-state index contributed by atoms with van der Waals surface area (Å²) in [7, 11) is 0. The Hall–Kier alpha value is -1.75. The molecule has 2 N–H and O–H groups in total. The number of hydrogen-bond acceptors (Lipinski definition) is 3. The molecule has 2 rings (SSSR count). The van der Waals surface area contributed by atoms with Gasteiger partial charge < -0.3 is 10.3 Å². The van der Waals surface area contributed by atoms with Gasteiger partial charge >= 0.3 is 0 Å². The molecule has 0 saturated carbocycles.